The first kappa shape index (κ1) is 18.7. The van der Waals surface area contributed by atoms with Crippen molar-refractivity contribution in [2.24, 2.45) is 5.92 Å². The Balaban J connectivity index is 1.93. The molecule has 0 N–H and O–H groups in total. The Morgan fingerprint density at radius 1 is 1.24 bits per heavy atom. The minimum absolute atomic E-state index is 0.0209. The normalized spacial score (nSPS) is 26.3. The maximum absolute atomic E-state index is 12.8. The van der Waals surface area contributed by atoms with E-state index in [-0.39, 0.29) is 36.0 Å². The summed E-state index contributed by atoms with van der Waals surface area (Å²) in [5, 5.41) is 0.588. The van der Waals surface area contributed by atoms with Gasteiger partial charge in [-0.25, -0.2) is 8.42 Å². The van der Waals surface area contributed by atoms with Gasteiger partial charge in [-0.05, 0) is 43.5 Å². The number of halogens is 1. The number of fused-ring (bicyclic) bond motifs is 1. The minimum Gasteiger partial charge on any atom is -0.306 e. The van der Waals surface area contributed by atoms with Gasteiger partial charge in [0.15, 0.2) is 9.84 Å². The first-order valence-electron chi connectivity index (χ1n) is 8.70. The predicted octanol–water partition coefficient (Wildman–Crippen LogP) is 2.51. The van der Waals surface area contributed by atoms with E-state index in [1.54, 1.807) is 11.0 Å². The fourth-order valence-electron chi connectivity index (χ4n) is 3.69. The Bertz CT molecular complexity index is 779. The van der Waals surface area contributed by atoms with Crippen LogP contribution in [0.1, 0.15) is 25.8 Å². The van der Waals surface area contributed by atoms with E-state index in [4.69, 9.17) is 11.6 Å². The first-order valence-corrected chi connectivity index (χ1v) is 10.9. The van der Waals surface area contributed by atoms with Crippen LogP contribution in [0.25, 0.3) is 0 Å². The average Bonchev–Trinajstić information content (AvgIpc) is 2.83. The molecule has 2 aliphatic heterocycles. The van der Waals surface area contributed by atoms with Crippen molar-refractivity contribution in [3.63, 3.8) is 0 Å². The summed E-state index contributed by atoms with van der Waals surface area (Å²) < 4.78 is 24.6. The summed E-state index contributed by atoms with van der Waals surface area (Å²) in [5.41, 5.74) is 1.63. The number of hydrogen-bond donors (Lipinski definition) is 0. The molecule has 1 aromatic carbocycles. The largest absolute Gasteiger partial charge is 0.306 e. The van der Waals surface area contributed by atoms with Gasteiger partial charge in [0.05, 0.1) is 24.1 Å². The molecule has 138 valence electrons. The Hall–Kier alpha value is -1.11. The molecular weight excluding hydrogens is 360 g/mol. The third-order valence-corrected chi connectivity index (χ3v) is 7.23. The Kier molecular flexibility index (Phi) is 5.15. The van der Waals surface area contributed by atoms with Gasteiger partial charge < -0.3 is 4.90 Å². The molecule has 2 fully saturated rings. The van der Waals surface area contributed by atoms with E-state index in [1.165, 1.54) is 0 Å². The predicted molar refractivity (Wildman–Crippen MR) is 101 cm³/mol. The van der Waals surface area contributed by atoms with Gasteiger partial charge in [0, 0.05) is 16.8 Å². The molecule has 0 saturated carbocycles. The van der Waals surface area contributed by atoms with Gasteiger partial charge in [0.2, 0.25) is 5.91 Å². The number of carbonyl (C=O) groups excluding carboxylic acids is 1. The molecule has 0 spiro atoms. The highest BCUT2D eigenvalue weighted by Crippen LogP contribution is 2.33. The molecule has 2 saturated heterocycles. The van der Waals surface area contributed by atoms with Crippen molar-refractivity contribution in [3.05, 3.63) is 28.8 Å². The number of benzene rings is 1. The van der Waals surface area contributed by atoms with Gasteiger partial charge in [0.1, 0.15) is 0 Å². The topological polar surface area (TPSA) is 57.7 Å². The van der Waals surface area contributed by atoms with Crippen LogP contribution in [0.3, 0.4) is 0 Å². The lowest BCUT2D eigenvalue weighted by Gasteiger charge is -2.43. The first-order chi connectivity index (χ1) is 11.7. The number of piperazine rings is 1. The number of nitrogens with zero attached hydrogens (tertiary/aromatic N) is 2. The maximum Gasteiger partial charge on any atom is 0.241 e. The van der Waals surface area contributed by atoms with E-state index in [2.05, 4.69) is 18.7 Å². The SMILES string of the molecule is Cc1ccc(N2C(=O)CN(CCC(C)C)C3CS(=O)(=O)CC32)cc1Cl. The summed E-state index contributed by atoms with van der Waals surface area (Å²) in [7, 11) is -3.15. The number of rotatable bonds is 4. The minimum atomic E-state index is -3.15. The van der Waals surface area contributed by atoms with Crippen LogP contribution in [0.15, 0.2) is 18.2 Å². The van der Waals surface area contributed by atoms with Crippen molar-refractivity contribution in [3.8, 4) is 0 Å². The summed E-state index contributed by atoms with van der Waals surface area (Å²) in [4.78, 5) is 16.6. The van der Waals surface area contributed by atoms with E-state index < -0.39 is 9.84 Å². The Morgan fingerprint density at radius 3 is 2.56 bits per heavy atom. The highest BCUT2D eigenvalue weighted by Gasteiger charge is 2.49. The summed E-state index contributed by atoms with van der Waals surface area (Å²) in [6.45, 7) is 7.18. The van der Waals surface area contributed by atoms with Crippen LogP contribution in [-0.2, 0) is 14.6 Å². The Morgan fingerprint density at radius 2 is 1.92 bits per heavy atom. The van der Waals surface area contributed by atoms with Gasteiger partial charge >= 0.3 is 0 Å². The second-order valence-corrected chi connectivity index (χ2v) is 10.1. The second kappa shape index (κ2) is 6.89. The zero-order valence-electron chi connectivity index (χ0n) is 14.9. The summed E-state index contributed by atoms with van der Waals surface area (Å²) in [6, 6.07) is 5.01. The Labute approximate surface area is 154 Å². The van der Waals surface area contributed by atoms with Crippen molar-refractivity contribution in [2.45, 2.75) is 39.3 Å². The molecule has 0 radical (unpaired) electrons. The zero-order chi connectivity index (χ0) is 18.4. The van der Waals surface area contributed by atoms with Crippen molar-refractivity contribution in [1.82, 2.24) is 4.90 Å². The molecule has 2 atom stereocenters. The van der Waals surface area contributed by atoms with Crippen molar-refractivity contribution >= 4 is 33.0 Å². The van der Waals surface area contributed by atoms with E-state index in [0.29, 0.717) is 16.6 Å². The summed E-state index contributed by atoms with van der Waals surface area (Å²) in [5.74, 6) is 0.606. The maximum atomic E-state index is 12.8. The number of sulfone groups is 1. The quantitative estimate of drug-likeness (QED) is 0.800. The highest BCUT2D eigenvalue weighted by molar-refractivity contribution is 7.91. The van der Waals surface area contributed by atoms with Gasteiger partial charge in [0.25, 0.3) is 0 Å². The van der Waals surface area contributed by atoms with Crippen LogP contribution >= 0.6 is 11.6 Å². The van der Waals surface area contributed by atoms with Gasteiger partial charge in [-0.1, -0.05) is 31.5 Å². The van der Waals surface area contributed by atoms with E-state index in [0.717, 1.165) is 18.5 Å². The van der Waals surface area contributed by atoms with E-state index in [1.807, 2.05) is 19.1 Å². The molecule has 0 aliphatic carbocycles. The summed E-state index contributed by atoms with van der Waals surface area (Å²) >= 11 is 6.23. The molecule has 0 bridgehead atoms. The van der Waals surface area contributed by atoms with Crippen LogP contribution in [-0.4, -0.2) is 55.9 Å². The molecule has 0 aromatic heterocycles. The molecule has 25 heavy (non-hydrogen) atoms. The lowest BCUT2D eigenvalue weighted by molar-refractivity contribution is -0.123. The van der Waals surface area contributed by atoms with E-state index in [9.17, 15) is 13.2 Å². The van der Waals surface area contributed by atoms with Gasteiger partial charge in [-0.2, -0.15) is 0 Å². The van der Waals surface area contributed by atoms with E-state index >= 15 is 0 Å². The molecule has 1 amide bonds. The van der Waals surface area contributed by atoms with Crippen LogP contribution < -0.4 is 4.90 Å². The number of carbonyl (C=O) groups is 1. The standard InChI is InChI=1S/C18H25ClN2O3S/c1-12(2)6-7-20-9-18(22)21(14-5-4-13(3)15(19)8-14)17-11-25(23,24)10-16(17)20/h4-5,8,12,16-17H,6-7,9-11H2,1-3H3. The number of aryl methyl sites for hydroxylation is 1. The van der Waals surface area contributed by atoms with Crippen LogP contribution in [0.5, 0.6) is 0 Å². The van der Waals surface area contributed by atoms with Crippen molar-refractivity contribution < 1.29 is 13.2 Å². The van der Waals surface area contributed by atoms with Crippen LogP contribution in [0.4, 0.5) is 5.69 Å². The smallest absolute Gasteiger partial charge is 0.241 e. The van der Waals surface area contributed by atoms with Crippen molar-refractivity contribution in [2.75, 3.05) is 29.5 Å². The second-order valence-electron chi connectivity index (χ2n) is 7.56. The number of anilines is 1. The highest BCUT2D eigenvalue weighted by atomic mass is 35.5. The molecule has 7 heteroatoms. The van der Waals surface area contributed by atoms with Crippen molar-refractivity contribution in [1.29, 1.82) is 0 Å². The lowest BCUT2D eigenvalue weighted by Crippen LogP contribution is -2.62. The fraction of sp³-hybridized carbons (Fsp3) is 0.611. The fourth-order valence-corrected chi connectivity index (χ4v) is 5.85. The van der Waals surface area contributed by atoms with Crippen LogP contribution in [0.2, 0.25) is 5.02 Å². The molecule has 2 heterocycles. The number of amides is 1. The third kappa shape index (κ3) is 3.86. The number of hydrogen-bond acceptors (Lipinski definition) is 4. The molecule has 2 unspecified atom stereocenters. The third-order valence-electron chi connectivity index (χ3n) is 5.13. The van der Waals surface area contributed by atoms with Crippen LogP contribution in [0, 0.1) is 12.8 Å². The van der Waals surface area contributed by atoms with Gasteiger partial charge in [-0.3, -0.25) is 9.69 Å². The average molecular weight is 385 g/mol. The molecule has 3 rings (SSSR count). The lowest BCUT2D eigenvalue weighted by atomic mass is 10.0. The van der Waals surface area contributed by atoms with Gasteiger partial charge in [-0.15, -0.1) is 0 Å². The molecule has 5 nitrogen and oxygen atoms in total. The molecule has 2 aliphatic rings. The monoisotopic (exact) mass is 384 g/mol. The molecule has 1 aromatic rings. The summed E-state index contributed by atoms with van der Waals surface area (Å²) in [6.07, 6.45) is 0.951. The zero-order valence-corrected chi connectivity index (χ0v) is 16.5. The molecular formula is C18H25ClN2O3S.